The minimum absolute atomic E-state index is 0.0428. The highest BCUT2D eigenvalue weighted by molar-refractivity contribution is 5.90. The summed E-state index contributed by atoms with van der Waals surface area (Å²) in [5.41, 5.74) is -0.511. The minimum atomic E-state index is -4.58. The van der Waals surface area contributed by atoms with Crippen molar-refractivity contribution < 1.29 is 28.2 Å². The van der Waals surface area contributed by atoms with Crippen LogP contribution in [-0.4, -0.2) is 25.7 Å². The lowest BCUT2D eigenvalue weighted by atomic mass is 10.0. The van der Waals surface area contributed by atoms with E-state index in [4.69, 9.17) is 0 Å². The third-order valence-electron chi connectivity index (χ3n) is 4.84. The van der Waals surface area contributed by atoms with Crippen molar-refractivity contribution in [2.75, 3.05) is 5.32 Å². The molecule has 32 heavy (non-hydrogen) atoms. The number of hydrogen-bond donors (Lipinski definition) is 4. The van der Waals surface area contributed by atoms with Gasteiger partial charge in [0.05, 0.1) is 22.3 Å². The number of aromatic hydroxyl groups is 2. The number of alkyl halides is 3. The first-order chi connectivity index (χ1) is 15.0. The number of nitrogens with one attached hydrogen (secondary N) is 2. The monoisotopic (exact) mass is 443 g/mol. The third-order valence-corrected chi connectivity index (χ3v) is 4.84. The van der Waals surface area contributed by atoms with Crippen molar-refractivity contribution in [2.24, 2.45) is 0 Å². The number of hydrogen-bond acceptors (Lipinski definition) is 4. The molecule has 1 aromatic heterocycles. The normalized spacial score (nSPS) is 11.6. The van der Waals surface area contributed by atoms with Gasteiger partial charge in [0.1, 0.15) is 11.5 Å². The van der Waals surface area contributed by atoms with E-state index in [-0.39, 0.29) is 33.9 Å². The van der Waals surface area contributed by atoms with Crippen molar-refractivity contribution in [1.82, 2.24) is 9.55 Å². The second-order valence-corrected chi connectivity index (χ2v) is 7.12. The molecule has 164 valence electrons. The van der Waals surface area contributed by atoms with E-state index < -0.39 is 23.2 Å². The SMILES string of the molecule is CC(=O)Nc1cccc(-c2cc(-n3c(=O)[nH]c4cc(C(F)(F)F)ccc43)c(O)cc2O)c1. The van der Waals surface area contributed by atoms with Crippen LogP contribution in [0.4, 0.5) is 18.9 Å². The number of carbonyl (C=O) groups is 1. The molecule has 4 N–H and O–H groups in total. The maximum Gasteiger partial charge on any atom is 0.416 e. The first-order valence-corrected chi connectivity index (χ1v) is 9.31. The zero-order valence-corrected chi connectivity index (χ0v) is 16.5. The van der Waals surface area contributed by atoms with Gasteiger partial charge in [-0.15, -0.1) is 0 Å². The van der Waals surface area contributed by atoms with Crippen molar-refractivity contribution in [3.8, 4) is 28.3 Å². The molecular formula is C22H16F3N3O4. The number of rotatable bonds is 3. The lowest BCUT2D eigenvalue weighted by molar-refractivity contribution is -0.137. The maximum absolute atomic E-state index is 13.0. The molecule has 0 saturated carbocycles. The Kier molecular flexibility index (Phi) is 4.92. The molecule has 0 aliphatic carbocycles. The van der Waals surface area contributed by atoms with E-state index in [2.05, 4.69) is 10.3 Å². The third kappa shape index (κ3) is 3.78. The van der Waals surface area contributed by atoms with Gasteiger partial charge < -0.3 is 20.5 Å². The fourth-order valence-electron chi connectivity index (χ4n) is 3.47. The van der Waals surface area contributed by atoms with E-state index in [9.17, 15) is 33.0 Å². The lowest BCUT2D eigenvalue weighted by Crippen LogP contribution is -2.14. The molecule has 0 unspecified atom stereocenters. The molecule has 0 bridgehead atoms. The van der Waals surface area contributed by atoms with Crippen LogP contribution in [0, 0.1) is 0 Å². The van der Waals surface area contributed by atoms with Crippen LogP contribution in [0.5, 0.6) is 11.5 Å². The van der Waals surface area contributed by atoms with E-state index in [1.807, 2.05) is 0 Å². The molecular weight excluding hydrogens is 427 g/mol. The van der Waals surface area contributed by atoms with Gasteiger partial charge in [0, 0.05) is 24.2 Å². The zero-order chi connectivity index (χ0) is 23.2. The number of carbonyl (C=O) groups excluding carboxylic acids is 1. The van der Waals surface area contributed by atoms with Crippen molar-refractivity contribution >= 4 is 22.6 Å². The molecule has 3 aromatic carbocycles. The number of phenols is 2. The molecule has 0 fully saturated rings. The van der Waals surface area contributed by atoms with Crippen LogP contribution in [0.15, 0.2) is 59.4 Å². The van der Waals surface area contributed by atoms with E-state index >= 15 is 0 Å². The molecule has 7 nitrogen and oxygen atoms in total. The van der Waals surface area contributed by atoms with E-state index in [0.29, 0.717) is 11.3 Å². The summed E-state index contributed by atoms with van der Waals surface area (Å²) in [5, 5.41) is 23.4. The van der Waals surface area contributed by atoms with Crippen molar-refractivity contribution in [3.05, 3.63) is 70.6 Å². The van der Waals surface area contributed by atoms with Gasteiger partial charge in [-0.1, -0.05) is 12.1 Å². The van der Waals surface area contributed by atoms with Crippen LogP contribution in [-0.2, 0) is 11.0 Å². The highest BCUT2D eigenvalue weighted by Gasteiger charge is 2.31. The van der Waals surface area contributed by atoms with Gasteiger partial charge >= 0.3 is 11.9 Å². The van der Waals surface area contributed by atoms with E-state index in [0.717, 1.165) is 28.8 Å². The number of amides is 1. The Morgan fingerprint density at radius 2 is 1.78 bits per heavy atom. The molecule has 4 rings (SSSR count). The fourth-order valence-corrected chi connectivity index (χ4v) is 3.47. The van der Waals surface area contributed by atoms with Gasteiger partial charge in [-0.2, -0.15) is 13.2 Å². The summed E-state index contributed by atoms with van der Waals surface area (Å²) >= 11 is 0. The van der Waals surface area contributed by atoms with E-state index in [1.54, 1.807) is 24.3 Å². The number of benzene rings is 3. The van der Waals surface area contributed by atoms with Gasteiger partial charge in [0.15, 0.2) is 0 Å². The number of anilines is 1. The average molecular weight is 443 g/mol. The van der Waals surface area contributed by atoms with E-state index in [1.165, 1.54) is 13.0 Å². The lowest BCUT2D eigenvalue weighted by Gasteiger charge is -2.13. The molecule has 10 heteroatoms. The summed E-state index contributed by atoms with van der Waals surface area (Å²) in [4.78, 5) is 26.2. The molecule has 0 spiro atoms. The molecule has 1 amide bonds. The van der Waals surface area contributed by atoms with Gasteiger partial charge in [-0.25, -0.2) is 4.79 Å². The molecule has 4 aromatic rings. The summed E-state index contributed by atoms with van der Waals surface area (Å²) < 4.78 is 40.1. The Morgan fingerprint density at radius 1 is 1.03 bits per heavy atom. The summed E-state index contributed by atoms with van der Waals surface area (Å²) in [5.74, 6) is -1.04. The van der Waals surface area contributed by atoms with Crippen molar-refractivity contribution in [3.63, 3.8) is 0 Å². The first-order valence-electron chi connectivity index (χ1n) is 9.31. The van der Waals surface area contributed by atoms with Gasteiger partial charge in [-0.3, -0.25) is 9.36 Å². The molecule has 1 heterocycles. The first kappa shape index (κ1) is 21.0. The van der Waals surface area contributed by atoms with Crippen LogP contribution < -0.4 is 11.0 Å². The maximum atomic E-state index is 13.0. The molecule has 0 atom stereocenters. The highest BCUT2D eigenvalue weighted by Crippen LogP contribution is 2.38. The molecule has 0 aliphatic heterocycles. The van der Waals surface area contributed by atoms with Crippen molar-refractivity contribution in [1.29, 1.82) is 0 Å². The Morgan fingerprint density at radius 3 is 2.47 bits per heavy atom. The second kappa shape index (κ2) is 7.49. The Bertz CT molecular complexity index is 1420. The predicted molar refractivity (Wildman–Crippen MR) is 112 cm³/mol. The summed E-state index contributed by atoms with van der Waals surface area (Å²) in [7, 11) is 0. The Hall–Kier alpha value is -4.21. The number of imidazole rings is 1. The number of nitrogens with zero attached hydrogens (tertiary/aromatic N) is 1. The summed E-state index contributed by atoms with van der Waals surface area (Å²) in [6.07, 6.45) is -4.58. The average Bonchev–Trinajstić information content (AvgIpc) is 3.02. The number of phenolic OH excluding ortho intramolecular Hbond substituents is 2. The largest absolute Gasteiger partial charge is 0.507 e. The number of halogens is 3. The number of aromatic nitrogens is 2. The van der Waals surface area contributed by atoms with Gasteiger partial charge in [-0.05, 0) is 42.0 Å². The van der Waals surface area contributed by atoms with Crippen LogP contribution in [0.3, 0.4) is 0 Å². The molecule has 0 saturated heterocycles. The Balaban J connectivity index is 1.89. The zero-order valence-electron chi connectivity index (χ0n) is 16.5. The van der Waals surface area contributed by atoms with Gasteiger partial charge in [0.2, 0.25) is 5.91 Å². The fraction of sp³-hybridized carbons (Fsp3) is 0.0909. The smallest absolute Gasteiger partial charge is 0.416 e. The summed E-state index contributed by atoms with van der Waals surface area (Å²) in [6, 6.07) is 11.7. The van der Waals surface area contributed by atoms with Gasteiger partial charge in [0.25, 0.3) is 0 Å². The Labute approximate surface area is 178 Å². The predicted octanol–water partition coefficient (Wildman–Crippen LogP) is 4.37. The summed E-state index contributed by atoms with van der Waals surface area (Å²) in [6.45, 7) is 1.34. The van der Waals surface area contributed by atoms with Crippen LogP contribution in [0.2, 0.25) is 0 Å². The highest BCUT2D eigenvalue weighted by atomic mass is 19.4. The number of fused-ring (bicyclic) bond motifs is 1. The number of H-pyrrole nitrogens is 1. The van der Waals surface area contributed by atoms with Crippen LogP contribution >= 0.6 is 0 Å². The standard InChI is InChI=1S/C22H16F3N3O4/c1-11(29)26-14-4-2-3-12(7-14)15-9-18(20(31)10-19(15)30)28-17-6-5-13(22(23,24)25)8-16(17)27-21(28)32/h2-10,30-31H,1H3,(H,26,29)(H,27,32). The quantitative estimate of drug-likeness (QED) is 0.377. The van der Waals surface area contributed by atoms with Crippen LogP contribution in [0.25, 0.3) is 27.8 Å². The minimum Gasteiger partial charge on any atom is -0.507 e. The topological polar surface area (TPSA) is 107 Å². The number of aromatic amines is 1. The molecule has 0 aliphatic rings. The van der Waals surface area contributed by atoms with Crippen molar-refractivity contribution in [2.45, 2.75) is 13.1 Å². The second-order valence-electron chi connectivity index (χ2n) is 7.12. The van der Waals surface area contributed by atoms with Crippen LogP contribution in [0.1, 0.15) is 12.5 Å². The molecule has 0 radical (unpaired) electrons.